The van der Waals surface area contributed by atoms with Gasteiger partial charge in [-0.2, -0.15) is 5.10 Å². The van der Waals surface area contributed by atoms with Crippen LogP contribution >= 0.6 is 0 Å². The topological polar surface area (TPSA) is 254 Å². The van der Waals surface area contributed by atoms with Crippen molar-refractivity contribution in [3.63, 3.8) is 0 Å². The Labute approximate surface area is 223 Å². The number of nitrogens with zero attached hydrogens (tertiary/aromatic N) is 4. The van der Waals surface area contributed by atoms with Crippen molar-refractivity contribution in [3.8, 4) is 0 Å². The van der Waals surface area contributed by atoms with Crippen LogP contribution in [0, 0.1) is 20.2 Å². The number of carbonyl (C=O) groups is 1. The number of amides is 1. The summed E-state index contributed by atoms with van der Waals surface area (Å²) in [5.41, 5.74) is -0.828. The smallest absolute Gasteiger partial charge is 0.276 e. The van der Waals surface area contributed by atoms with E-state index in [4.69, 9.17) is 5.14 Å². The Morgan fingerprint density at radius 3 is 2.27 bits per heavy atom. The van der Waals surface area contributed by atoms with E-state index in [1.165, 1.54) is 30.3 Å². The van der Waals surface area contributed by atoms with E-state index in [1.54, 1.807) is 0 Å². The van der Waals surface area contributed by atoms with E-state index >= 15 is 0 Å². The van der Waals surface area contributed by atoms with E-state index in [0.717, 1.165) is 36.4 Å². The molecule has 1 heterocycles. The molecule has 0 unspecified atom stereocenters. The van der Waals surface area contributed by atoms with Crippen molar-refractivity contribution in [2.45, 2.75) is 11.0 Å². The van der Waals surface area contributed by atoms with Crippen molar-refractivity contribution >= 4 is 44.1 Å². The summed E-state index contributed by atoms with van der Waals surface area (Å²) < 4.78 is 23.8. The predicted octanol–water partition coefficient (Wildman–Crippen LogP) is 1.25. The summed E-state index contributed by atoms with van der Waals surface area (Å²) in [5, 5.41) is 42.2. The van der Waals surface area contributed by atoms with Crippen LogP contribution in [-0.4, -0.2) is 45.0 Å². The number of aromatic amines is 1. The molecule has 3 aromatic carbocycles. The first-order chi connectivity index (χ1) is 18.9. The Bertz CT molecular complexity index is 1870. The zero-order chi connectivity index (χ0) is 29.2. The number of nitrogens with two attached hydrogens (primary N) is 1. The van der Waals surface area contributed by atoms with Gasteiger partial charge in [0.1, 0.15) is 11.8 Å². The van der Waals surface area contributed by atoms with Crippen LogP contribution in [0.4, 0.5) is 11.4 Å². The molecule has 1 atom stereocenters. The molecule has 5 N–H and O–H groups in total. The van der Waals surface area contributed by atoms with E-state index in [0.29, 0.717) is 0 Å². The summed E-state index contributed by atoms with van der Waals surface area (Å²) in [6.07, 6.45) is -1.78. The first-order valence-corrected chi connectivity index (χ1v) is 12.5. The monoisotopic (exact) mass is 567 g/mol. The summed E-state index contributed by atoms with van der Waals surface area (Å²) in [4.78, 5) is 52.6. The minimum atomic E-state index is -4.31. The fraction of sp³-hybridized carbons (Fsp3) is 0.0435. The van der Waals surface area contributed by atoms with E-state index in [9.17, 15) is 43.3 Å². The van der Waals surface area contributed by atoms with E-state index in [1.807, 2.05) is 0 Å². The number of nitro benzene ring substituents is 2. The van der Waals surface area contributed by atoms with Crippen molar-refractivity contribution in [1.82, 2.24) is 15.4 Å². The normalized spacial score (nSPS) is 12.6. The molecule has 0 aliphatic heterocycles. The van der Waals surface area contributed by atoms with Gasteiger partial charge in [0.2, 0.25) is 10.0 Å². The van der Waals surface area contributed by atoms with Crippen LogP contribution in [0.1, 0.15) is 27.7 Å². The third-order valence-corrected chi connectivity index (χ3v) is 6.49. The van der Waals surface area contributed by atoms with Gasteiger partial charge in [0.05, 0.1) is 31.3 Å². The minimum Gasteiger partial charge on any atom is -0.382 e. The number of benzene rings is 3. The quantitative estimate of drug-likeness (QED) is 0.135. The van der Waals surface area contributed by atoms with Gasteiger partial charge in [-0.1, -0.05) is 12.1 Å². The van der Waals surface area contributed by atoms with Crippen LogP contribution in [0.5, 0.6) is 0 Å². The van der Waals surface area contributed by atoms with Gasteiger partial charge in [0.25, 0.3) is 22.8 Å². The summed E-state index contributed by atoms with van der Waals surface area (Å²) >= 11 is 0. The zero-order valence-electron chi connectivity index (χ0n) is 19.9. The van der Waals surface area contributed by atoms with Gasteiger partial charge in [-0.05, 0) is 35.9 Å². The lowest BCUT2D eigenvalue weighted by molar-refractivity contribution is -0.385. The molecule has 0 fully saturated rings. The molecule has 204 valence electrons. The molecule has 0 aliphatic carbocycles. The number of nitrogens with one attached hydrogen (secondary N) is 2. The van der Waals surface area contributed by atoms with Crippen molar-refractivity contribution in [2.24, 2.45) is 10.2 Å². The standard InChI is InChI=1S/C23H17N7O9S/c24-40(38,39)18-4-2-1-3-15(18)22(32)28-27-19(21(31)12-5-7-13(8-6-12)29(34)35)20-23(33)26-17-11-14(30(36)37)9-10-16(17)25-20/h1-11,21,31H,(H,26,33)(H,28,32)(H2,24,38,39)/b27-19+/t21-/m1/s1. The summed E-state index contributed by atoms with van der Waals surface area (Å²) in [7, 11) is -4.31. The van der Waals surface area contributed by atoms with Gasteiger partial charge in [0, 0.05) is 24.3 Å². The number of nitro groups is 2. The molecule has 0 spiro atoms. The number of rotatable bonds is 8. The number of primary sulfonamides is 1. The van der Waals surface area contributed by atoms with Crippen LogP contribution in [0.15, 0.2) is 81.5 Å². The van der Waals surface area contributed by atoms with Gasteiger partial charge < -0.3 is 10.1 Å². The first kappa shape index (κ1) is 27.6. The lowest BCUT2D eigenvalue weighted by Crippen LogP contribution is -2.30. The molecule has 1 aromatic heterocycles. The molecule has 0 aliphatic rings. The molecule has 0 saturated heterocycles. The fourth-order valence-electron chi connectivity index (χ4n) is 3.61. The highest BCUT2D eigenvalue weighted by Crippen LogP contribution is 2.23. The van der Waals surface area contributed by atoms with Crippen molar-refractivity contribution < 1.29 is 28.2 Å². The minimum absolute atomic E-state index is 0.00163. The van der Waals surface area contributed by atoms with Gasteiger partial charge in [-0.3, -0.25) is 29.8 Å². The van der Waals surface area contributed by atoms with Gasteiger partial charge >= 0.3 is 0 Å². The number of aliphatic hydroxyl groups excluding tert-OH is 1. The van der Waals surface area contributed by atoms with Crippen LogP contribution in [0.25, 0.3) is 11.0 Å². The molecule has 1 amide bonds. The van der Waals surface area contributed by atoms with Crippen molar-refractivity contribution in [2.75, 3.05) is 0 Å². The second kappa shape index (κ2) is 10.8. The largest absolute Gasteiger partial charge is 0.382 e. The number of hydrazone groups is 1. The Morgan fingerprint density at radius 1 is 1.02 bits per heavy atom. The van der Waals surface area contributed by atoms with Gasteiger partial charge in [-0.15, -0.1) is 0 Å². The van der Waals surface area contributed by atoms with Crippen molar-refractivity contribution in [3.05, 3.63) is 114 Å². The first-order valence-electron chi connectivity index (χ1n) is 11.0. The van der Waals surface area contributed by atoms with Crippen LogP contribution in [0.3, 0.4) is 0 Å². The highest BCUT2D eigenvalue weighted by Gasteiger charge is 2.25. The maximum atomic E-state index is 13.0. The maximum absolute atomic E-state index is 13.0. The van der Waals surface area contributed by atoms with Crippen molar-refractivity contribution in [1.29, 1.82) is 0 Å². The number of carbonyl (C=O) groups excluding carboxylic acids is 1. The van der Waals surface area contributed by atoms with E-state index in [-0.39, 0.29) is 33.5 Å². The van der Waals surface area contributed by atoms with Crippen LogP contribution < -0.4 is 16.1 Å². The third kappa shape index (κ3) is 5.70. The average molecular weight is 567 g/mol. The summed E-state index contributed by atoms with van der Waals surface area (Å²) in [5.74, 6) is -1.06. The van der Waals surface area contributed by atoms with E-state index in [2.05, 4.69) is 20.5 Å². The predicted molar refractivity (Wildman–Crippen MR) is 139 cm³/mol. The number of non-ortho nitro benzene ring substituents is 2. The molecular weight excluding hydrogens is 550 g/mol. The van der Waals surface area contributed by atoms with E-state index < -0.39 is 53.7 Å². The molecule has 4 rings (SSSR count). The lowest BCUT2D eigenvalue weighted by atomic mass is 10.0. The molecular formula is C23H17N7O9S. The molecule has 40 heavy (non-hydrogen) atoms. The molecule has 4 aromatic rings. The number of hydrogen-bond donors (Lipinski definition) is 4. The number of fused-ring (bicyclic) bond motifs is 1. The average Bonchev–Trinajstić information content (AvgIpc) is 2.92. The molecule has 0 saturated carbocycles. The Kier molecular flexibility index (Phi) is 7.44. The fourth-order valence-corrected chi connectivity index (χ4v) is 4.35. The maximum Gasteiger partial charge on any atom is 0.276 e. The SMILES string of the molecule is NS(=O)(=O)c1ccccc1C(=O)N/N=C(\c1nc2ccc([N+](=O)[O-])cc2[nH]c1=O)[C@H](O)c1ccc([N+](=O)[O-])cc1. The second-order valence-corrected chi connectivity index (χ2v) is 9.63. The van der Waals surface area contributed by atoms with Crippen LogP contribution in [0.2, 0.25) is 0 Å². The molecule has 17 heteroatoms. The number of H-pyrrole nitrogens is 1. The summed E-state index contributed by atoms with van der Waals surface area (Å²) in [6, 6.07) is 13.0. The molecule has 16 nitrogen and oxygen atoms in total. The van der Waals surface area contributed by atoms with Crippen LogP contribution in [-0.2, 0) is 10.0 Å². The Morgan fingerprint density at radius 2 is 1.65 bits per heavy atom. The lowest BCUT2D eigenvalue weighted by Gasteiger charge is -2.14. The third-order valence-electron chi connectivity index (χ3n) is 5.52. The number of aromatic nitrogens is 2. The zero-order valence-corrected chi connectivity index (χ0v) is 20.7. The number of sulfonamides is 1. The summed E-state index contributed by atoms with van der Waals surface area (Å²) in [6.45, 7) is 0. The van der Waals surface area contributed by atoms with Gasteiger partial charge in [0.15, 0.2) is 5.69 Å². The highest BCUT2D eigenvalue weighted by atomic mass is 32.2. The molecule has 0 radical (unpaired) electrons. The Balaban J connectivity index is 1.83. The number of aliphatic hydroxyl groups is 1. The second-order valence-electron chi connectivity index (χ2n) is 8.10. The highest BCUT2D eigenvalue weighted by molar-refractivity contribution is 7.89. The number of hydrogen-bond acceptors (Lipinski definition) is 11. The molecule has 0 bridgehead atoms. The van der Waals surface area contributed by atoms with Gasteiger partial charge in [-0.25, -0.2) is 24.0 Å². The Hall–Kier alpha value is -5.39.